The molecule has 0 aromatic heterocycles. The Hall–Kier alpha value is -1.88. The molecule has 0 aromatic carbocycles. The van der Waals surface area contributed by atoms with E-state index in [1.807, 2.05) is 0 Å². The van der Waals surface area contributed by atoms with Crippen molar-refractivity contribution in [3.8, 4) is 0 Å². The van der Waals surface area contributed by atoms with Gasteiger partial charge in [-0.1, -0.05) is 0 Å². The molecule has 0 aliphatic heterocycles. The summed E-state index contributed by atoms with van der Waals surface area (Å²) in [6, 6.07) is -1.55. The van der Waals surface area contributed by atoms with Crippen LogP contribution in [-0.2, 0) is 33.4 Å². The Morgan fingerprint density at radius 1 is 1.21 bits per heavy atom. The van der Waals surface area contributed by atoms with E-state index in [0.717, 1.165) is 7.11 Å². The second-order valence-electron chi connectivity index (χ2n) is 5.84. The summed E-state index contributed by atoms with van der Waals surface area (Å²) in [6.07, 6.45) is -2.74. The van der Waals surface area contributed by atoms with Gasteiger partial charge in [-0.15, -0.1) is 0 Å². The van der Waals surface area contributed by atoms with Crippen molar-refractivity contribution in [2.45, 2.75) is 51.9 Å². The van der Waals surface area contributed by atoms with Gasteiger partial charge < -0.3 is 19.9 Å². The Labute approximate surface area is 140 Å². The summed E-state index contributed by atoms with van der Waals surface area (Å²) < 4.78 is 36.2. The molecule has 0 saturated carbocycles. The second-order valence-corrected chi connectivity index (χ2v) is 7.69. The van der Waals surface area contributed by atoms with Crippen LogP contribution in [0.4, 0.5) is 4.79 Å². The van der Waals surface area contributed by atoms with E-state index in [1.54, 1.807) is 20.8 Å². The largest absolute Gasteiger partial charge is 0.480 e. The Morgan fingerprint density at radius 2 is 1.75 bits per heavy atom. The fraction of sp³-hybridized carbons (Fsp3) is 0.769. The first-order chi connectivity index (χ1) is 10.8. The highest BCUT2D eigenvalue weighted by molar-refractivity contribution is 7.86. The number of hydrogen-bond acceptors (Lipinski definition) is 8. The van der Waals surface area contributed by atoms with Gasteiger partial charge in [0, 0.05) is 0 Å². The van der Waals surface area contributed by atoms with E-state index in [4.69, 9.17) is 14.6 Å². The monoisotopic (exact) mass is 369 g/mol. The van der Waals surface area contributed by atoms with Gasteiger partial charge in [-0.25, -0.2) is 9.59 Å². The molecule has 0 rings (SSSR count). The van der Waals surface area contributed by atoms with Crippen LogP contribution in [0, 0.1) is 0 Å². The fourth-order valence-electron chi connectivity index (χ4n) is 1.44. The minimum Gasteiger partial charge on any atom is -0.480 e. The average Bonchev–Trinajstić information content (AvgIpc) is 2.40. The highest BCUT2D eigenvalue weighted by Crippen LogP contribution is 2.09. The first-order valence-electron chi connectivity index (χ1n) is 6.97. The molecule has 0 aromatic rings. The molecule has 0 aliphatic carbocycles. The van der Waals surface area contributed by atoms with Crippen LogP contribution in [0.1, 0.15) is 34.1 Å². The van der Waals surface area contributed by atoms with Crippen molar-refractivity contribution in [3.63, 3.8) is 0 Å². The molecule has 2 atom stereocenters. The molecule has 11 heteroatoms. The van der Waals surface area contributed by atoms with E-state index in [2.05, 4.69) is 9.50 Å². The number of carbonyl (C=O) groups excluding carboxylic acids is 2. The van der Waals surface area contributed by atoms with Crippen LogP contribution in [0.3, 0.4) is 0 Å². The number of aliphatic carboxylic acids is 1. The molecule has 0 radical (unpaired) electrons. The molecule has 2 unspecified atom stereocenters. The standard InChI is InChI=1S/C13H23NO9S/c1-8(22-9(15)6-7-24(19,20)21-5)10(11(16)17)14-12(18)23-13(2,3)4/h8,10H,6-7H2,1-5H3,(H,14,18)(H,16,17). The smallest absolute Gasteiger partial charge is 0.408 e. The van der Waals surface area contributed by atoms with E-state index in [9.17, 15) is 22.8 Å². The van der Waals surface area contributed by atoms with Crippen LogP contribution in [0.15, 0.2) is 0 Å². The highest BCUT2D eigenvalue weighted by atomic mass is 32.2. The maximum absolute atomic E-state index is 11.6. The summed E-state index contributed by atoms with van der Waals surface area (Å²) >= 11 is 0. The molecule has 0 spiro atoms. The second kappa shape index (κ2) is 8.83. The van der Waals surface area contributed by atoms with Crippen molar-refractivity contribution in [3.05, 3.63) is 0 Å². The van der Waals surface area contributed by atoms with E-state index >= 15 is 0 Å². The molecule has 0 saturated heterocycles. The van der Waals surface area contributed by atoms with Crippen LogP contribution in [-0.4, -0.2) is 62.2 Å². The Bertz CT molecular complexity index is 564. The molecule has 0 aliphatic rings. The van der Waals surface area contributed by atoms with Gasteiger partial charge in [0.1, 0.15) is 11.7 Å². The Balaban J connectivity index is 4.70. The predicted molar refractivity (Wildman–Crippen MR) is 81.8 cm³/mol. The summed E-state index contributed by atoms with van der Waals surface area (Å²) in [6.45, 7) is 6.05. The summed E-state index contributed by atoms with van der Waals surface area (Å²) in [5, 5.41) is 11.2. The lowest BCUT2D eigenvalue weighted by Crippen LogP contribution is -2.50. The van der Waals surface area contributed by atoms with Gasteiger partial charge in [0.05, 0.1) is 19.3 Å². The lowest BCUT2D eigenvalue weighted by atomic mass is 10.2. The number of hydrogen-bond donors (Lipinski definition) is 2. The SMILES string of the molecule is COS(=O)(=O)CCC(=O)OC(C)C(NC(=O)OC(C)(C)C)C(=O)O. The van der Waals surface area contributed by atoms with Crippen molar-refractivity contribution in [2.75, 3.05) is 12.9 Å². The van der Waals surface area contributed by atoms with E-state index in [0.29, 0.717) is 0 Å². The maximum Gasteiger partial charge on any atom is 0.408 e. The minimum atomic E-state index is -3.83. The lowest BCUT2D eigenvalue weighted by molar-refractivity contribution is -0.154. The van der Waals surface area contributed by atoms with Gasteiger partial charge in [0.25, 0.3) is 10.1 Å². The molecule has 2 N–H and O–H groups in total. The first kappa shape index (κ1) is 22.1. The molecule has 24 heavy (non-hydrogen) atoms. The van der Waals surface area contributed by atoms with Crippen LogP contribution in [0.2, 0.25) is 0 Å². The molecule has 10 nitrogen and oxygen atoms in total. The normalized spacial score (nSPS) is 14.4. The van der Waals surface area contributed by atoms with Crippen molar-refractivity contribution in [1.82, 2.24) is 5.32 Å². The van der Waals surface area contributed by atoms with Crippen LogP contribution >= 0.6 is 0 Å². The Kier molecular flexibility index (Phi) is 8.14. The number of carbonyl (C=O) groups is 3. The van der Waals surface area contributed by atoms with Crippen molar-refractivity contribution >= 4 is 28.1 Å². The third kappa shape index (κ3) is 9.30. The number of amides is 1. The third-order valence-corrected chi connectivity index (χ3v) is 3.75. The van der Waals surface area contributed by atoms with Crippen molar-refractivity contribution in [1.29, 1.82) is 0 Å². The van der Waals surface area contributed by atoms with Gasteiger partial charge in [-0.2, -0.15) is 8.42 Å². The highest BCUT2D eigenvalue weighted by Gasteiger charge is 2.31. The number of carboxylic acids is 1. The average molecular weight is 369 g/mol. The summed E-state index contributed by atoms with van der Waals surface area (Å²) in [5.41, 5.74) is -0.832. The molecule has 0 heterocycles. The zero-order valence-electron chi connectivity index (χ0n) is 14.2. The van der Waals surface area contributed by atoms with Gasteiger partial charge in [0.2, 0.25) is 0 Å². The zero-order chi connectivity index (χ0) is 19.1. The molecular formula is C13H23NO9S. The van der Waals surface area contributed by atoms with Gasteiger partial charge >= 0.3 is 18.0 Å². The van der Waals surface area contributed by atoms with E-state index < -0.39 is 58.1 Å². The Morgan fingerprint density at radius 3 is 2.17 bits per heavy atom. The molecule has 0 fully saturated rings. The topological polar surface area (TPSA) is 145 Å². The predicted octanol–water partition coefficient (Wildman–Crippen LogP) is 0.262. The summed E-state index contributed by atoms with van der Waals surface area (Å²) in [5.74, 6) is -2.99. The van der Waals surface area contributed by atoms with Crippen molar-refractivity contribution in [2.24, 2.45) is 0 Å². The molecule has 1 amide bonds. The lowest BCUT2D eigenvalue weighted by Gasteiger charge is -2.24. The maximum atomic E-state index is 11.6. The molecular weight excluding hydrogens is 346 g/mol. The number of carboxylic acid groups (broad SMARTS) is 1. The summed E-state index contributed by atoms with van der Waals surface area (Å²) in [7, 11) is -2.88. The van der Waals surface area contributed by atoms with Gasteiger partial charge in [0.15, 0.2) is 6.04 Å². The first-order valence-corrected chi connectivity index (χ1v) is 8.55. The summed E-state index contributed by atoms with van der Waals surface area (Å²) in [4.78, 5) is 34.4. The fourth-order valence-corrected chi connectivity index (χ4v) is 2.02. The van der Waals surface area contributed by atoms with Crippen LogP contribution < -0.4 is 5.32 Å². The number of ether oxygens (including phenoxy) is 2. The van der Waals surface area contributed by atoms with Gasteiger partial charge in [-0.3, -0.25) is 8.98 Å². The van der Waals surface area contributed by atoms with Gasteiger partial charge in [-0.05, 0) is 27.7 Å². The van der Waals surface area contributed by atoms with Crippen LogP contribution in [0.25, 0.3) is 0 Å². The zero-order valence-corrected chi connectivity index (χ0v) is 15.0. The third-order valence-electron chi connectivity index (χ3n) is 2.54. The number of nitrogens with one attached hydrogen (secondary N) is 1. The van der Waals surface area contributed by atoms with Crippen LogP contribution in [0.5, 0.6) is 0 Å². The quantitative estimate of drug-likeness (QED) is 0.454. The number of esters is 1. The minimum absolute atomic E-state index is 0.515. The number of rotatable bonds is 8. The van der Waals surface area contributed by atoms with Crippen molar-refractivity contribution < 1.29 is 41.6 Å². The molecule has 0 bridgehead atoms. The number of alkyl carbamates (subject to hydrolysis) is 1. The van der Waals surface area contributed by atoms with E-state index in [1.165, 1.54) is 6.92 Å². The van der Waals surface area contributed by atoms with E-state index in [-0.39, 0.29) is 0 Å². The molecule has 140 valence electrons.